The van der Waals surface area contributed by atoms with Crippen LogP contribution in [0.1, 0.15) is 47.6 Å². The summed E-state index contributed by atoms with van der Waals surface area (Å²) in [5.74, 6) is 1.98. The van der Waals surface area contributed by atoms with Crippen molar-refractivity contribution >= 4 is 0 Å². The fraction of sp³-hybridized carbons (Fsp3) is 0.625. The van der Waals surface area contributed by atoms with Gasteiger partial charge in [0, 0.05) is 11.6 Å². The van der Waals surface area contributed by atoms with Crippen LogP contribution in [0.3, 0.4) is 0 Å². The van der Waals surface area contributed by atoms with Gasteiger partial charge in [0.25, 0.3) is 0 Å². The van der Waals surface area contributed by atoms with Crippen LogP contribution >= 0.6 is 0 Å². The van der Waals surface area contributed by atoms with E-state index in [9.17, 15) is 0 Å². The third-order valence-electron chi connectivity index (χ3n) is 4.83. The summed E-state index contributed by atoms with van der Waals surface area (Å²) in [7, 11) is 1.81. The fourth-order valence-corrected chi connectivity index (χ4v) is 3.43. The van der Waals surface area contributed by atoms with E-state index >= 15 is 0 Å². The third kappa shape index (κ3) is 1.74. The van der Waals surface area contributed by atoms with E-state index in [1.807, 2.05) is 7.11 Å². The molecular weight excluding hydrogens is 222 g/mol. The number of nitrogens with one attached hydrogen (secondary N) is 1. The molecule has 98 valence electrons. The Bertz CT molecular complexity index is 463. The molecule has 2 nitrogen and oxygen atoms in total. The van der Waals surface area contributed by atoms with Gasteiger partial charge in [-0.25, -0.2) is 0 Å². The highest BCUT2D eigenvalue weighted by atomic mass is 16.5. The zero-order valence-electron chi connectivity index (χ0n) is 11.7. The molecule has 1 aliphatic heterocycles. The van der Waals surface area contributed by atoms with Gasteiger partial charge in [0.05, 0.1) is 7.11 Å². The van der Waals surface area contributed by atoms with Crippen LogP contribution < -0.4 is 10.1 Å². The van der Waals surface area contributed by atoms with Crippen LogP contribution in [0.15, 0.2) is 6.07 Å². The van der Waals surface area contributed by atoms with E-state index in [-0.39, 0.29) is 0 Å². The highest BCUT2D eigenvalue weighted by Crippen LogP contribution is 2.43. The first-order valence-corrected chi connectivity index (χ1v) is 7.12. The van der Waals surface area contributed by atoms with Crippen molar-refractivity contribution in [1.82, 2.24) is 5.32 Å². The smallest absolute Gasteiger partial charge is 0.125 e. The molecule has 1 fully saturated rings. The zero-order valence-corrected chi connectivity index (χ0v) is 11.7. The highest BCUT2D eigenvalue weighted by Gasteiger charge is 2.33. The van der Waals surface area contributed by atoms with Crippen molar-refractivity contribution in [2.75, 3.05) is 13.7 Å². The standard InChI is InChI=1S/C16H23NO/c1-10-9-14-13(16(18-3)11(10)2)7-8-17-15(14)12-5-4-6-12/h9,12,15,17H,4-8H2,1-3H3. The summed E-state index contributed by atoms with van der Waals surface area (Å²) < 4.78 is 5.68. The van der Waals surface area contributed by atoms with Crippen molar-refractivity contribution in [3.63, 3.8) is 0 Å². The molecule has 18 heavy (non-hydrogen) atoms. The molecule has 0 bridgehead atoms. The van der Waals surface area contributed by atoms with Crippen molar-refractivity contribution in [2.45, 2.75) is 45.6 Å². The van der Waals surface area contributed by atoms with Crippen LogP contribution in [0.25, 0.3) is 0 Å². The number of hydrogen-bond donors (Lipinski definition) is 1. The maximum atomic E-state index is 5.68. The molecule has 2 heteroatoms. The van der Waals surface area contributed by atoms with E-state index < -0.39 is 0 Å². The summed E-state index contributed by atoms with van der Waals surface area (Å²) in [6.45, 7) is 5.46. The van der Waals surface area contributed by atoms with E-state index in [1.54, 1.807) is 0 Å². The Kier molecular flexibility index (Phi) is 3.06. The molecule has 1 aromatic carbocycles. The van der Waals surface area contributed by atoms with Gasteiger partial charge < -0.3 is 10.1 Å². The minimum atomic E-state index is 0.565. The molecule has 1 saturated carbocycles. The fourth-order valence-electron chi connectivity index (χ4n) is 3.43. The van der Waals surface area contributed by atoms with Gasteiger partial charge in [0.15, 0.2) is 0 Å². The Labute approximate surface area is 110 Å². The Morgan fingerprint density at radius 3 is 2.67 bits per heavy atom. The second-order valence-corrected chi connectivity index (χ2v) is 5.79. The molecule has 3 rings (SSSR count). The summed E-state index contributed by atoms with van der Waals surface area (Å²) in [4.78, 5) is 0. The van der Waals surface area contributed by atoms with E-state index in [0.29, 0.717) is 6.04 Å². The van der Waals surface area contributed by atoms with Gasteiger partial charge in [0.2, 0.25) is 0 Å². The van der Waals surface area contributed by atoms with Gasteiger partial charge >= 0.3 is 0 Å². The van der Waals surface area contributed by atoms with Crippen LogP contribution in [0.4, 0.5) is 0 Å². The van der Waals surface area contributed by atoms with Crippen LogP contribution in [0.5, 0.6) is 5.75 Å². The first-order chi connectivity index (χ1) is 8.72. The lowest BCUT2D eigenvalue weighted by Crippen LogP contribution is -2.37. The molecule has 2 aliphatic rings. The minimum Gasteiger partial charge on any atom is -0.496 e. The number of fused-ring (bicyclic) bond motifs is 1. The molecule has 1 N–H and O–H groups in total. The predicted octanol–water partition coefficient (Wildman–Crippen LogP) is 3.30. The van der Waals surface area contributed by atoms with Crippen LogP contribution in [0.2, 0.25) is 0 Å². The first-order valence-electron chi connectivity index (χ1n) is 7.12. The van der Waals surface area contributed by atoms with Gasteiger partial charge in [-0.15, -0.1) is 0 Å². The highest BCUT2D eigenvalue weighted by molar-refractivity contribution is 5.52. The summed E-state index contributed by atoms with van der Waals surface area (Å²) in [5, 5.41) is 3.72. The maximum absolute atomic E-state index is 5.68. The quantitative estimate of drug-likeness (QED) is 0.863. The second kappa shape index (κ2) is 4.58. The number of rotatable bonds is 2. The van der Waals surface area contributed by atoms with Crippen LogP contribution in [-0.4, -0.2) is 13.7 Å². The Morgan fingerprint density at radius 2 is 2.06 bits per heavy atom. The maximum Gasteiger partial charge on any atom is 0.125 e. The van der Waals surface area contributed by atoms with E-state index in [1.165, 1.54) is 41.5 Å². The second-order valence-electron chi connectivity index (χ2n) is 5.79. The average Bonchev–Trinajstić information content (AvgIpc) is 2.30. The molecule has 0 radical (unpaired) electrons. The first kappa shape index (κ1) is 12.0. The molecule has 0 aromatic heterocycles. The molecule has 0 saturated heterocycles. The lowest BCUT2D eigenvalue weighted by atomic mass is 9.74. The number of aryl methyl sites for hydroxylation is 1. The van der Waals surface area contributed by atoms with Crippen molar-refractivity contribution in [3.8, 4) is 5.75 Å². The van der Waals surface area contributed by atoms with Crippen molar-refractivity contribution in [3.05, 3.63) is 28.3 Å². The van der Waals surface area contributed by atoms with Gasteiger partial charge in [-0.2, -0.15) is 0 Å². The number of benzene rings is 1. The summed E-state index contributed by atoms with van der Waals surface area (Å²) >= 11 is 0. The van der Waals surface area contributed by atoms with Crippen LogP contribution in [-0.2, 0) is 6.42 Å². The summed E-state index contributed by atoms with van der Waals surface area (Å²) in [6, 6.07) is 2.96. The molecule has 0 spiro atoms. The van der Waals surface area contributed by atoms with Gasteiger partial charge in [-0.3, -0.25) is 0 Å². The van der Waals surface area contributed by atoms with Gasteiger partial charge in [-0.05, 0) is 62.3 Å². The van der Waals surface area contributed by atoms with E-state index in [2.05, 4.69) is 25.2 Å². The zero-order chi connectivity index (χ0) is 12.7. The molecule has 1 unspecified atom stereocenters. The Hall–Kier alpha value is -1.02. The largest absolute Gasteiger partial charge is 0.496 e. The Morgan fingerprint density at radius 1 is 1.28 bits per heavy atom. The minimum absolute atomic E-state index is 0.565. The number of hydrogen-bond acceptors (Lipinski definition) is 2. The van der Waals surface area contributed by atoms with Gasteiger partial charge in [-0.1, -0.05) is 12.5 Å². The lowest BCUT2D eigenvalue weighted by Gasteiger charge is -2.39. The van der Waals surface area contributed by atoms with Crippen molar-refractivity contribution < 1.29 is 4.74 Å². The van der Waals surface area contributed by atoms with Crippen molar-refractivity contribution in [1.29, 1.82) is 0 Å². The predicted molar refractivity (Wildman–Crippen MR) is 74.3 cm³/mol. The molecular formula is C16H23NO. The summed E-state index contributed by atoms with van der Waals surface area (Å²) in [5.41, 5.74) is 5.63. The van der Waals surface area contributed by atoms with E-state index in [0.717, 1.165) is 24.6 Å². The van der Waals surface area contributed by atoms with Gasteiger partial charge in [0.1, 0.15) is 5.75 Å². The molecule has 0 amide bonds. The number of methoxy groups -OCH3 is 1. The molecule has 1 aliphatic carbocycles. The topological polar surface area (TPSA) is 21.3 Å². The SMILES string of the molecule is COc1c(C)c(C)cc2c1CCNC2C1CCC1. The lowest BCUT2D eigenvalue weighted by molar-refractivity contribution is 0.223. The van der Waals surface area contributed by atoms with E-state index in [4.69, 9.17) is 4.74 Å². The van der Waals surface area contributed by atoms with Crippen LogP contribution in [0, 0.1) is 19.8 Å². The Balaban J connectivity index is 2.08. The monoisotopic (exact) mass is 245 g/mol. The van der Waals surface area contributed by atoms with Crippen molar-refractivity contribution in [2.24, 2.45) is 5.92 Å². The number of ether oxygens (including phenoxy) is 1. The molecule has 1 heterocycles. The third-order valence-corrected chi connectivity index (χ3v) is 4.83. The molecule has 1 aromatic rings. The molecule has 1 atom stereocenters. The average molecular weight is 245 g/mol. The summed E-state index contributed by atoms with van der Waals surface area (Å²) in [6.07, 6.45) is 5.27. The normalized spacial score (nSPS) is 23.4.